The van der Waals surface area contributed by atoms with Crippen molar-refractivity contribution < 1.29 is 13.9 Å². The molecular formula is C19H16N2O3S. The Balaban J connectivity index is 1.33. The third kappa shape index (κ3) is 3.64. The number of thiophene rings is 1. The Morgan fingerprint density at radius 3 is 3.20 bits per heavy atom. The molecule has 1 aliphatic heterocycles. The molecule has 0 saturated heterocycles. The van der Waals surface area contributed by atoms with E-state index in [9.17, 15) is 4.79 Å². The highest BCUT2D eigenvalue weighted by Gasteiger charge is 2.11. The van der Waals surface area contributed by atoms with Gasteiger partial charge in [0.1, 0.15) is 12.0 Å². The van der Waals surface area contributed by atoms with Gasteiger partial charge in [0, 0.05) is 12.5 Å². The van der Waals surface area contributed by atoms with Gasteiger partial charge in [-0.2, -0.15) is 0 Å². The summed E-state index contributed by atoms with van der Waals surface area (Å²) < 4.78 is 10.9. The van der Waals surface area contributed by atoms with Gasteiger partial charge in [0.15, 0.2) is 0 Å². The van der Waals surface area contributed by atoms with Crippen LogP contribution in [0.15, 0.2) is 52.5 Å². The summed E-state index contributed by atoms with van der Waals surface area (Å²) in [6, 6.07) is 9.84. The number of nitrogens with one attached hydrogen (secondary N) is 1. The smallest absolute Gasteiger partial charge is 0.244 e. The zero-order chi connectivity index (χ0) is 17.1. The number of amides is 1. The van der Waals surface area contributed by atoms with Gasteiger partial charge in [-0.05, 0) is 40.8 Å². The molecule has 0 saturated carbocycles. The number of carbonyl (C=O) groups excluding carboxylic acids is 1. The van der Waals surface area contributed by atoms with Gasteiger partial charge in [0.2, 0.25) is 11.8 Å². The van der Waals surface area contributed by atoms with Gasteiger partial charge in [-0.25, -0.2) is 4.98 Å². The minimum atomic E-state index is -0.169. The van der Waals surface area contributed by atoms with E-state index in [0.29, 0.717) is 18.1 Å². The molecule has 5 nitrogen and oxygen atoms in total. The third-order valence-corrected chi connectivity index (χ3v) is 4.73. The number of hydrogen-bond acceptors (Lipinski definition) is 5. The normalized spacial score (nSPS) is 13.0. The molecule has 1 amide bonds. The number of hydrogen-bond donors (Lipinski definition) is 1. The standard InChI is InChI=1S/C19H16N2O3S/c22-18(6-4-13-3-5-16-14(10-13)7-8-23-16)20-11-15-12-24-19(21-15)17-2-1-9-25-17/h1-6,9-10,12H,7-8,11H2,(H,20,22)/b6-4+. The zero-order valence-electron chi connectivity index (χ0n) is 13.4. The minimum absolute atomic E-state index is 0.169. The summed E-state index contributed by atoms with van der Waals surface area (Å²) in [4.78, 5) is 17.3. The Hall–Kier alpha value is -2.86. The molecule has 4 rings (SSSR count). The Bertz CT molecular complexity index is 913. The van der Waals surface area contributed by atoms with Crippen molar-refractivity contribution in [2.75, 3.05) is 6.61 Å². The number of nitrogens with zero attached hydrogens (tertiary/aromatic N) is 1. The van der Waals surface area contributed by atoms with E-state index in [2.05, 4.69) is 16.4 Å². The third-order valence-electron chi connectivity index (χ3n) is 3.87. The van der Waals surface area contributed by atoms with E-state index < -0.39 is 0 Å². The molecule has 1 aliphatic rings. The molecular weight excluding hydrogens is 336 g/mol. The summed E-state index contributed by atoms with van der Waals surface area (Å²) in [5, 5.41) is 4.78. The van der Waals surface area contributed by atoms with Crippen LogP contribution >= 0.6 is 11.3 Å². The summed E-state index contributed by atoms with van der Waals surface area (Å²) in [6.07, 6.45) is 5.81. The largest absolute Gasteiger partial charge is 0.493 e. The molecule has 1 aromatic carbocycles. The number of oxazole rings is 1. The summed E-state index contributed by atoms with van der Waals surface area (Å²) in [6.45, 7) is 1.06. The van der Waals surface area contributed by atoms with Crippen LogP contribution in [0, 0.1) is 0 Å². The van der Waals surface area contributed by atoms with E-state index in [1.807, 2.05) is 29.6 Å². The molecule has 0 bridgehead atoms. The molecule has 0 fully saturated rings. The van der Waals surface area contributed by atoms with Gasteiger partial charge in [0.25, 0.3) is 0 Å². The lowest BCUT2D eigenvalue weighted by molar-refractivity contribution is -0.116. The lowest BCUT2D eigenvalue weighted by Gasteiger charge is -2.00. The summed E-state index contributed by atoms with van der Waals surface area (Å²) in [7, 11) is 0. The highest BCUT2D eigenvalue weighted by atomic mass is 32.1. The molecule has 0 unspecified atom stereocenters. The molecule has 3 aromatic rings. The van der Waals surface area contributed by atoms with Crippen molar-refractivity contribution in [2.24, 2.45) is 0 Å². The van der Waals surface area contributed by atoms with Crippen molar-refractivity contribution in [2.45, 2.75) is 13.0 Å². The molecule has 126 valence electrons. The first kappa shape index (κ1) is 15.7. The number of benzene rings is 1. The fraction of sp³-hybridized carbons (Fsp3) is 0.158. The maximum atomic E-state index is 12.0. The number of carbonyl (C=O) groups is 1. The maximum absolute atomic E-state index is 12.0. The van der Waals surface area contributed by atoms with Crippen molar-refractivity contribution in [1.82, 2.24) is 10.3 Å². The number of ether oxygens (including phenoxy) is 1. The highest BCUT2D eigenvalue weighted by molar-refractivity contribution is 7.13. The zero-order valence-corrected chi connectivity index (χ0v) is 14.2. The van der Waals surface area contributed by atoms with Crippen molar-refractivity contribution in [3.63, 3.8) is 0 Å². The number of rotatable bonds is 5. The Morgan fingerprint density at radius 2 is 2.32 bits per heavy atom. The molecule has 25 heavy (non-hydrogen) atoms. The van der Waals surface area contributed by atoms with Crippen LogP contribution in [0.25, 0.3) is 16.8 Å². The molecule has 0 radical (unpaired) electrons. The summed E-state index contributed by atoms with van der Waals surface area (Å²) >= 11 is 1.56. The topological polar surface area (TPSA) is 64.4 Å². The fourth-order valence-electron chi connectivity index (χ4n) is 2.62. The quantitative estimate of drug-likeness (QED) is 0.712. The first-order valence-corrected chi connectivity index (χ1v) is 8.86. The van der Waals surface area contributed by atoms with Crippen LogP contribution in [0.3, 0.4) is 0 Å². The van der Waals surface area contributed by atoms with Crippen LogP contribution in [0.5, 0.6) is 5.75 Å². The Labute approximate surface area is 149 Å². The van der Waals surface area contributed by atoms with Crippen LogP contribution in [-0.4, -0.2) is 17.5 Å². The van der Waals surface area contributed by atoms with Crippen LogP contribution in [0.1, 0.15) is 16.8 Å². The molecule has 6 heteroatoms. The second-order valence-corrected chi connectivity index (χ2v) is 6.59. The van der Waals surface area contributed by atoms with Crippen LogP contribution in [0.2, 0.25) is 0 Å². The highest BCUT2D eigenvalue weighted by Crippen LogP contribution is 2.26. The molecule has 0 atom stereocenters. The van der Waals surface area contributed by atoms with E-state index in [0.717, 1.165) is 29.2 Å². The molecule has 1 N–H and O–H groups in total. The second-order valence-electron chi connectivity index (χ2n) is 5.64. The first-order valence-electron chi connectivity index (χ1n) is 7.98. The van der Waals surface area contributed by atoms with Gasteiger partial charge in [0.05, 0.1) is 23.7 Å². The van der Waals surface area contributed by atoms with E-state index in [4.69, 9.17) is 9.15 Å². The van der Waals surface area contributed by atoms with Gasteiger partial charge in [-0.15, -0.1) is 11.3 Å². The number of fused-ring (bicyclic) bond motifs is 1. The van der Waals surface area contributed by atoms with E-state index in [-0.39, 0.29) is 5.91 Å². The predicted molar refractivity (Wildman–Crippen MR) is 96.3 cm³/mol. The maximum Gasteiger partial charge on any atom is 0.244 e. The lowest BCUT2D eigenvalue weighted by atomic mass is 10.1. The minimum Gasteiger partial charge on any atom is -0.493 e. The van der Waals surface area contributed by atoms with E-state index in [1.54, 1.807) is 23.7 Å². The van der Waals surface area contributed by atoms with Crippen molar-refractivity contribution in [3.8, 4) is 16.5 Å². The van der Waals surface area contributed by atoms with Gasteiger partial charge >= 0.3 is 0 Å². The lowest BCUT2D eigenvalue weighted by Crippen LogP contribution is -2.20. The van der Waals surface area contributed by atoms with E-state index in [1.165, 1.54) is 11.6 Å². The average molecular weight is 352 g/mol. The molecule has 2 aromatic heterocycles. The summed E-state index contributed by atoms with van der Waals surface area (Å²) in [5.41, 5.74) is 2.87. The van der Waals surface area contributed by atoms with Crippen molar-refractivity contribution in [1.29, 1.82) is 0 Å². The Kier molecular flexibility index (Phi) is 4.35. The van der Waals surface area contributed by atoms with Gasteiger partial charge in [-0.3, -0.25) is 4.79 Å². The number of aromatic nitrogens is 1. The van der Waals surface area contributed by atoms with Crippen LogP contribution in [0.4, 0.5) is 0 Å². The van der Waals surface area contributed by atoms with Gasteiger partial charge in [-0.1, -0.05) is 12.1 Å². The van der Waals surface area contributed by atoms with Crippen molar-refractivity contribution in [3.05, 3.63) is 64.9 Å². The molecule has 3 heterocycles. The summed E-state index contributed by atoms with van der Waals surface area (Å²) in [5.74, 6) is 1.35. The first-order chi connectivity index (χ1) is 12.3. The van der Waals surface area contributed by atoms with E-state index >= 15 is 0 Å². The fourth-order valence-corrected chi connectivity index (χ4v) is 3.28. The van der Waals surface area contributed by atoms with Gasteiger partial charge < -0.3 is 14.5 Å². The average Bonchev–Trinajstić information content (AvgIpc) is 3.38. The SMILES string of the molecule is O=C(/C=C/c1ccc2c(c1)CCO2)NCc1coc(-c2cccs2)n1. The molecule has 0 spiro atoms. The van der Waals surface area contributed by atoms with Crippen LogP contribution < -0.4 is 10.1 Å². The Morgan fingerprint density at radius 1 is 1.36 bits per heavy atom. The molecule has 0 aliphatic carbocycles. The predicted octanol–water partition coefficient (Wildman–Crippen LogP) is 3.67. The second kappa shape index (κ2) is 6.94. The van der Waals surface area contributed by atoms with Crippen LogP contribution in [-0.2, 0) is 17.8 Å². The monoisotopic (exact) mass is 352 g/mol. The van der Waals surface area contributed by atoms with Crippen molar-refractivity contribution >= 4 is 23.3 Å².